The Hall–Kier alpha value is -2.79. The van der Waals surface area contributed by atoms with E-state index in [-0.39, 0.29) is 5.00 Å². The Morgan fingerprint density at radius 3 is 2.77 bits per heavy atom. The van der Waals surface area contributed by atoms with Gasteiger partial charge in [-0.2, -0.15) is 5.10 Å². The van der Waals surface area contributed by atoms with E-state index in [0.29, 0.717) is 46.2 Å². The first-order valence-electron chi connectivity index (χ1n) is 7.43. The van der Waals surface area contributed by atoms with Gasteiger partial charge in [0.25, 0.3) is 0 Å². The van der Waals surface area contributed by atoms with Crippen LogP contribution in [-0.2, 0) is 4.79 Å². The molecule has 11 heteroatoms. The van der Waals surface area contributed by atoms with Crippen molar-refractivity contribution in [3.05, 3.63) is 40.4 Å². The highest BCUT2D eigenvalue weighted by atomic mass is 32.2. The van der Waals surface area contributed by atoms with Gasteiger partial charge in [0, 0.05) is 19.2 Å². The maximum Gasteiger partial charge on any atom is 0.325 e. The predicted molar refractivity (Wildman–Crippen MR) is 99.3 cm³/mol. The Morgan fingerprint density at radius 2 is 2.12 bits per heavy atom. The second-order valence-corrected chi connectivity index (χ2v) is 7.20. The molecular weight excluding hydrogens is 380 g/mol. The van der Waals surface area contributed by atoms with Crippen LogP contribution in [-0.4, -0.2) is 36.8 Å². The van der Waals surface area contributed by atoms with Crippen molar-refractivity contribution in [2.45, 2.75) is 4.21 Å². The number of hydrogen-bond acceptors (Lipinski definition) is 9. The van der Waals surface area contributed by atoms with Crippen LogP contribution in [0.4, 0.5) is 10.7 Å². The van der Waals surface area contributed by atoms with Gasteiger partial charge in [-0.1, -0.05) is 11.3 Å². The van der Waals surface area contributed by atoms with E-state index in [4.69, 9.17) is 9.47 Å². The summed E-state index contributed by atoms with van der Waals surface area (Å²) in [6.07, 6.45) is 0.622. The number of amides is 1. The van der Waals surface area contributed by atoms with Crippen LogP contribution < -0.4 is 19.8 Å². The molecule has 0 spiro atoms. The number of thioether (sulfide) groups is 1. The van der Waals surface area contributed by atoms with Crippen molar-refractivity contribution in [2.75, 3.05) is 25.2 Å². The van der Waals surface area contributed by atoms with E-state index in [1.165, 1.54) is 11.0 Å². The first-order valence-corrected chi connectivity index (χ1v) is 9.06. The number of thiophene rings is 1. The van der Waals surface area contributed by atoms with Crippen molar-refractivity contribution in [3.63, 3.8) is 0 Å². The number of hydrogen-bond donors (Lipinski definition) is 1. The molecule has 1 aromatic carbocycles. The molecule has 1 amide bonds. The van der Waals surface area contributed by atoms with Crippen LogP contribution in [0.2, 0.25) is 0 Å². The van der Waals surface area contributed by atoms with Crippen LogP contribution >= 0.6 is 23.1 Å². The van der Waals surface area contributed by atoms with Gasteiger partial charge in [0.05, 0.1) is 14.8 Å². The molecular formula is C15H14N4O5S2. The van der Waals surface area contributed by atoms with Crippen LogP contribution in [0.1, 0.15) is 0 Å². The summed E-state index contributed by atoms with van der Waals surface area (Å²) in [5.74, 6) is 1.15. The topological polar surface area (TPSA) is 106 Å². The smallest absolute Gasteiger partial charge is 0.325 e. The zero-order valence-corrected chi connectivity index (χ0v) is 15.2. The minimum absolute atomic E-state index is 0.0216. The molecule has 0 atom stereocenters. The number of anilines is 1. The van der Waals surface area contributed by atoms with E-state index >= 15 is 0 Å². The minimum atomic E-state index is -0.456. The number of nitrogens with one attached hydrogen (secondary N) is 1. The molecule has 2 heterocycles. The molecule has 2 aromatic rings. The fourth-order valence-electron chi connectivity index (χ4n) is 2.17. The molecule has 26 heavy (non-hydrogen) atoms. The van der Waals surface area contributed by atoms with Crippen LogP contribution in [0.15, 0.2) is 39.6 Å². The Labute approximate surface area is 156 Å². The number of carbonyl (C=O) groups is 1. The quantitative estimate of drug-likeness (QED) is 0.207. The number of nitrogens with zero attached hydrogens (tertiary/aromatic N) is 3. The number of benzene rings is 1. The van der Waals surface area contributed by atoms with Crippen molar-refractivity contribution in [2.24, 2.45) is 5.10 Å². The number of ether oxygens (including phenoxy) is 2. The summed E-state index contributed by atoms with van der Waals surface area (Å²) in [6, 6.07) is 8.15. The molecule has 0 saturated heterocycles. The summed E-state index contributed by atoms with van der Waals surface area (Å²) in [5.41, 5.74) is 3.18. The van der Waals surface area contributed by atoms with Gasteiger partial charge >= 0.3 is 5.00 Å². The lowest BCUT2D eigenvalue weighted by Gasteiger charge is -2.22. The summed E-state index contributed by atoms with van der Waals surface area (Å²) in [7, 11) is 1.60. The van der Waals surface area contributed by atoms with Gasteiger partial charge < -0.3 is 14.9 Å². The van der Waals surface area contributed by atoms with Gasteiger partial charge in [0.1, 0.15) is 13.2 Å². The lowest BCUT2D eigenvalue weighted by molar-refractivity contribution is -0.380. The first-order chi connectivity index (χ1) is 12.6. The second-order valence-electron chi connectivity index (χ2n) is 4.87. The van der Waals surface area contributed by atoms with Gasteiger partial charge in [-0.15, -0.1) is 0 Å². The predicted octanol–water partition coefficient (Wildman–Crippen LogP) is 2.67. The number of fused-ring (bicyclic) bond motifs is 1. The van der Waals surface area contributed by atoms with Gasteiger partial charge in [-0.3, -0.25) is 19.8 Å². The Kier molecular flexibility index (Phi) is 5.58. The molecule has 0 unspecified atom stereocenters. The summed E-state index contributed by atoms with van der Waals surface area (Å²) in [5, 5.41) is 15.3. The Balaban J connectivity index is 1.88. The van der Waals surface area contributed by atoms with Crippen LogP contribution in [0.3, 0.4) is 0 Å². The average Bonchev–Trinajstić information content (AvgIpc) is 3.11. The molecule has 0 radical (unpaired) electrons. The molecule has 0 aliphatic carbocycles. The first kappa shape index (κ1) is 18.0. The molecule has 136 valence electrons. The SMILES string of the molecule is CN/N=C(/Sc1ccc([N+](=O)[O-])s1)N(C=O)c1ccc2c(c1)OCCO2. The fraction of sp³-hybridized carbons (Fsp3) is 0.200. The highest BCUT2D eigenvalue weighted by molar-refractivity contribution is 8.15. The minimum Gasteiger partial charge on any atom is -0.486 e. The number of amidine groups is 1. The van der Waals surface area contributed by atoms with Crippen molar-refractivity contribution >= 4 is 45.4 Å². The number of nitro groups is 1. The molecule has 0 saturated carbocycles. The third-order valence-corrected chi connectivity index (χ3v) is 5.40. The normalized spacial score (nSPS) is 13.2. The lowest BCUT2D eigenvalue weighted by atomic mass is 10.2. The molecule has 1 aliphatic rings. The molecule has 1 aliphatic heterocycles. The molecule has 0 fully saturated rings. The molecule has 9 nitrogen and oxygen atoms in total. The third-order valence-electron chi connectivity index (χ3n) is 3.26. The number of rotatable bonds is 5. The van der Waals surface area contributed by atoms with Gasteiger partial charge in [-0.25, -0.2) is 0 Å². The molecule has 0 bridgehead atoms. The maximum absolute atomic E-state index is 11.7. The second kappa shape index (κ2) is 8.06. The molecule has 1 aromatic heterocycles. The molecule has 1 N–H and O–H groups in total. The average molecular weight is 394 g/mol. The standard InChI is InChI=1S/C15H14N4O5S2/c1-16-17-15(26-14-5-4-13(25-14)19(21)22)18(9-20)10-2-3-11-12(8-10)24-7-6-23-11/h2-5,8-9,16H,6-7H2,1H3/b17-15+. The van der Waals surface area contributed by atoms with Crippen molar-refractivity contribution in [3.8, 4) is 11.5 Å². The number of carbonyl (C=O) groups excluding carboxylic acids is 1. The number of hydrazone groups is 1. The van der Waals surface area contributed by atoms with E-state index in [0.717, 1.165) is 23.1 Å². The van der Waals surface area contributed by atoms with Crippen LogP contribution in [0.25, 0.3) is 0 Å². The van der Waals surface area contributed by atoms with Crippen LogP contribution in [0.5, 0.6) is 11.5 Å². The van der Waals surface area contributed by atoms with Gasteiger partial charge in [-0.05, 0) is 30.0 Å². The highest BCUT2D eigenvalue weighted by Gasteiger charge is 2.21. The van der Waals surface area contributed by atoms with E-state index in [2.05, 4.69) is 10.5 Å². The van der Waals surface area contributed by atoms with E-state index in [1.54, 1.807) is 31.3 Å². The highest BCUT2D eigenvalue weighted by Crippen LogP contribution is 2.37. The summed E-state index contributed by atoms with van der Waals surface area (Å²) >= 11 is 2.15. The van der Waals surface area contributed by atoms with Crippen molar-refractivity contribution in [1.29, 1.82) is 0 Å². The maximum atomic E-state index is 11.7. The van der Waals surface area contributed by atoms with Crippen molar-refractivity contribution in [1.82, 2.24) is 5.43 Å². The Morgan fingerprint density at radius 1 is 1.35 bits per heavy atom. The zero-order valence-electron chi connectivity index (χ0n) is 13.6. The van der Waals surface area contributed by atoms with E-state index in [9.17, 15) is 14.9 Å². The largest absolute Gasteiger partial charge is 0.486 e. The lowest BCUT2D eigenvalue weighted by Crippen LogP contribution is -2.28. The van der Waals surface area contributed by atoms with Gasteiger partial charge in [0.2, 0.25) is 6.41 Å². The van der Waals surface area contributed by atoms with E-state index < -0.39 is 4.92 Å². The fourth-order valence-corrected chi connectivity index (χ4v) is 4.07. The summed E-state index contributed by atoms with van der Waals surface area (Å²) in [4.78, 5) is 23.4. The van der Waals surface area contributed by atoms with E-state index in [1.807, 2.05) is 0 Å². The zero-order chi connectivity index (χ0) is 18.5. The monoisotopic (exact) mass is 394 g/mol. The summed E-state index contributed by atoms with van der Waals surface area (Å²) < 4.78 is 11.7. The van der Waals surface area contributed by atoms with Crippen molar-refractivity contribution < 1.29 is 19.2 Å². The molecule has 3 rings (SSSR count). The summed E-state index contributed by atoms with van der Waals surface area (Å²) in [6.45, 7) is 0.909. The third kappa shape index (κ3) is 3.89. The van der Waals surface area contributed by atoms with Crippen LogP contribution in [0, 0.1) is 10.1 Å². The van der Waals surface area contributed by atoms with Gasteiger partial charge in [0.15, 0.2) is 16.7 Å². The Bertz CT molecular complexity index is 854.